The molecular formula is C11H13N3O3. The molecule has 0 saturated heterocycles. The molecule has 2 amide bonds. The first-order chi connectivity index (χ1) is 8.26. The molecule has 0 spiro atoms. The van der Waals surface area contributed by atoms with Crippen molar-refractivity contribution in [3.05, 3.63) is 24.1 Å². The first-order valence-corrected chi connectivity index (χ1v) is 5.29. The second kappa shape index (κ2) is 4.84. The molecule has 2 aromatic rings. The number of aromatic nitrogens is 1. The summed E-state index contributed by atoms with van der Waals surface area (Å²) >= 11 is 0. The molecule has 2 aromatic heterocycles. The van der Waals surface area contributed by atoms with Crippen LogP contribution in [-0.2, 0) is 4.79 Å². The number of aromatic amines is 1. The van der Waals surface area contributed by atoms with Gasteiger partial charge >= 0.3 is 0 Å². The number of imide groups is 1. The van der Waals surface area contributed by atoms with Crippen LogP contribution in [0.5, 0.6) is 0 Å². The number of hydrogen-bond acceptors (Lipinski definition) is 4. The number of hydrogen-bond donors (Lipinski definition) is 2. The van der Waals surface area contributed by atoms with Gasteiger partial charge in [-0.2, -0.15) is 0 Å². The van der Waals surface area contributed by atoms with E-state index < -0.39 is 0 Å². The van der Waals surface area contributed by atoms with Crippen molar-refractivity contribution in [2.45, 2.75) is 6.42 Å². The van der Waals surface area contributed by atoms with E-state index >= 15 is 0 Å². The van der Waals surface area contributed by atoms with Crippen molar-refractivity contribution in [1.82, 2.24) is 9.88 Å². The van der Waals surface area contributed by atoms with Gasteiger partial charge in [-0.3, -0.25) is 14.5 Å². The summed E-state index contributed by atoms with van der Waals surface area (Å²) in [5.74, 6) is -0.375. The molecule has 0 saturated carbocycles. The van der Waals surface area contributed by atoms with Gasteiger partial charge in [0.1, 0.15) is 5.69 Å². The number of amides is 2. The number of nitrogens with zero attached hydrogens (tertiary/aromatic N) is 1. The molecule has 2 heterocycles. The fraction of sp³-hybridized carbons (Fsp3) is 0.273. The van der Waals surface area contributed by atoms with E-state index in [2.05, 4.69) is 4.98 Å². The topological polar surface area (TPSA) is 92.3 Å². The molecule has 0 bridgehead atoms. The summed E-state index contributed by atoms with van der Waals surface area (Å²) in [4.78, 5) is 26.7. The fourth-order valence-electron chi connectivity index (χ4n) is 1.58. The molecule has 0 aromatic carbocycles. The van der Waals surface area contributed by atoms with E-state index in [1.54, 1.807) is 12.1 Å². The van der Waals surface area contributed by atoms with Gasteiger partial charge in [0.05, 0.1) is 11.8 Å². The molecule has 6 nitrogen and oxygen atoms in total. The lowest BCUT2D eigenvalue weighted by molar-refractivity contribution is -0.116. The summed E-state index contributed by atoms with van der Waals surface area (Å²) in [6, 6.07) is 3.30. The molecule has 0 unspecified atom stereocenters. The fourth-order valence-corrected chi connectivity index (χ4v) is 1.58. The number of carbonyl (C=O) groups is 2. The van der Waals surface area contributed by atoms with Gasteiger partial charge in [-0.15, -0.1) is 0 Å². The maximum Gasteiger partial charge on any atom is 0.276 e. The minimum Gasteiger partial charge on any atom is -0.463 e. The second-order valence-electron chi connectivity index (χ2n) is 3.63. The van der Waals surface area contributed by atoms with Crippen LogP contribution in [0.25, 0.3) is 11.1 Å². The SMILES string of the molecule is NCCCN(C=O)C(=O)c1cc2occc2[nH]1. The van der Waals surface area contributed by atoms with Crippen LogP contribution in [0.1, 0.15) is 16.9 Å². The standard InChI is InChI=1S/C11H13N3O3/c12-3-1-4-14(7-15)11(16)9-6-10-8(13-9)2-5-17-10/h2,5-7,13H,1,3-4,12H2. The van der Waals surface area contributed by atoms with Crippen molar-refractivity contribution in [2.75, 3.05) is 13.1 Å². The number of carbonyl (C=O) groups excluding carboxylic acids is 2. The molecule has 2 rings (SSSR count). The highest BCUT2D eigenvalue weighted by atomic mass is 16.3. The molecule has 6 heteroatoms. The highest BCUT2D eigenvalue weighted by molar-refractivity contribution is 6.01. The smallest absolute Gasteiger partial charge is 0.276 e. The predicted molar refractivity (Wildman–Crippen MR) is 61.3 cm³/mol. The van der Waals surface area contributed by atoms with Crippen molar-refractivity contribution in [2.24, 2.45) is 5.73 Å². The number of nitrogens with two attached hydrogens (primary N) is 1. The minimum absolute atomic E-state index is 0.319. The third kappa shape index (κ3) is 2.21. The number of furan rings is 1. The zero-order valence-corrected chi connectivity index (χ0v) is 9.18. The van der Waals surface area contributed by atoms with E-state index in [9.17, 15) is 9.59 Å². The zero-order chi connectivity index (χ0) is 12.3. The van der Waals surface area contributed by atoms with E-state index in [1.807, 2.05) is 0 Å². The quantitative estimate of drug-likeness (QED) is 0.746. The Balaban J connectivity index is 2.17. The van der Waals surface area contributed by atoms with E-state index in [4.69, 9.17) is 10.2 Å². The van der Waals surface area contributed by atoms with E-state index in [1.165, 1.54) is 6.26 Å². The maximum absolute atomic E-state index is 11.9. The average Bonchev–Trinajstić information content (AvgIpc) is 2.89. The molecule has 17 heavy (non-hydrogen) atoms. The predicted octanol–water partition coefficient (Wildman–Crippen LogP) is 0.708. The lowest BCUT2D eigenvalue weighted by Crippen LogP contribution is -2.31. The van der Waals surface area contributed by atoms with Gasteiger partial charge in [0.25, 0.3) is 5.91 Å². The van der Waals surface area contributed by atoms with Crippen LogP contribution >= 0.6 is 0 Å². The molecule has 3 N–H and O–H groups in total. The van der Waals surface area contributed by atoms with Crippen molar-refractivity contribution in [3.63, 3.8) is 0 Å². The van der Waals surface area contributed by atoms with Crippen LogP contribution in [-0.4, -0.2) is 35.3 Å². The largest absolute Gasteiger partial charge is 0.463 e. The Morgan fingerprint density at radius 2 is 2.41 bits per heavy atom. The van der Waals surface area contributed by atoms with E-state index in [0.29, 0.717) is 37.2 Å². The van der Waals surface area contributed by atoms with Crippen LogP contribution in [0.4, 0.5) is 0 Å². The number of H-pyrrole nitrogens is 1. The molecule has 0 fully saturated rings. The molecule has 0 radical (unpaired) electrons. The third-order valence-electron chi connectivity index (χ3n) is 2.46. The lowest BCUT2D eigenvalue weighted by Gasteiger charge is -2.13. The number of nitrogens with one attached hydrogen (secondary N) is 1. The van der Waals surface area contributed by atoms with Crippen LogP contribution in [0.3, 0.4) is 0 Å². The van der Waals surface area contributed by atoms with Crippen molar-refractivity contribution < 1.29 is 14.0 Å². The van der Waals surface area contributed by atoms with Gasteiger partial charge in [-0.1, -0.05) is 0 Å². The minimum atomic E-state index is -0.375. The Hall–Kier alpha value is -2.08. The van der Waals surface area contributed by atoms with Gasteiger partial charge in [-0.25, -0.2) is 0 Å². The Bertz CT molecular complexity index is 500. The van der Waals surface area contributed by atoms with Crippen molar-refractivity contribution in [3.8, 4) is 0 Å². The van der Waals surface area contributed by atoms with Crippen molar-refractivity contribution in [1.29, 1.82) is 0 Å². The molecule has 0 aliphatic heterocycles. The summed E-state index contributed by atoms with van der Waals surface area (Å²) in [6.45, 7) is 0.754. The van der Waals surface area contributed by atoms with Gasteiger partial charge in [-0.05, 0) is 13.0 Å². The van der Waals surface area contributed by atoms with Gasteiger partial charge in [0, 0.05) is 18.7 Å². The monoisotopic (exact) mass is 235 g/mol. The maximum atomic E-state index is 11.9. The molecule has 0 atom stereocenters. The van der Waals surface area contributed by atoms with Gasteiger partial charge in [0.2, 0.25) is 6.41 Å². The average molecular weight is 235 g/mol. The Morgan fingerprint density at radius 1 is 1.59 bits per heavy atom. The molecular weight excluding hydrogens is 222 g/mol. The Kier molecular flexibility index (Phi) is 3.24. The Labute approximate surface area is 97.4 Å². The first kappa shape index (κ1) is 11.4. The number of rotatable bonds is 5. The zero-order valence-electron chi connectivity index (χ0n) is 9.18. The summed E-state index contributed by atoms with van der Waals surface area (Å²) in [6.07, 6.45) is 2.63. The summed E-state index contributed by atoms with van der Waals surface area (Å²) in [7, 11) is 0. The summed E-state index contributed by atoms with van der Waals surface area (Å²) in [5.41, 5.74) is 7.00. The summed E-state index contributed by atoms with van der Waals surface area (Å²) in [5, 5.41) is 0. The van der Waals surface area contributed by atoms with Crippen LogP contribution in [0.15, 0.2) is 22.8 Å². The first-order valence-electron chi connectivity index (χ1n) is 5.29. The Morgan fingerprint density at radius 3 is 3.06 bits per heavy atom. The van der Waals surface area contributed by atoms with Crippen molar-refractivity contribution >= 4 is 23.4 Å². The van der Waals surface area contributed by atoms with Crippen LogP contribution < -0.4 is 5.73 Å². The molecule has 0 aliphatic carbocycles. The highest BCUT2D eigenvalue weighted by Gasteiger charge is 2.17. The highest BCUT2D eigenvalue weighted by Crippen LogP contribution is 2.16. The molecule has 0 aliphatic rings. The van der Waals surface area contributed by atoms with Crippen LogP contribution in [0, 0.1) is 0 Å². The van der Waals surface area contributed by atoms with Gasteiger partial charge in [0.15, 0.2) is 5.58 Å². The third-order valence-corrected chi connectivity index (χ3v) is 2.46. The summed E-state index contributed by atoms with van der Waals surface area (Å²) < 4.78 is 5.13. The van der Waals surface area contributed by atoms with E-state index in [-0.39, 0.29) is 5.91 Å². The lowest BCUT2D eigenvalue weighted by atomic mass is 10.3. The molecule has 90 valence electrons. The van der Waals surface area contributed by atoms with E-state index in [0.717, 1.165) is 10.4 Å². The number of fused-ring (bicyclic) bond motifs is 1. The van der Waals surface area contributed by atoms with Gasteiger partial charge < -0.3 is 15.1 Å². The van der Waals surface area contributed by atoms with Crippen LogP contribution in [0.2, 0.25) is 0 Å². The second-order valence-corrected chi connectivity index (χ2v) is 3.63. The normalized spacial score (nSPS) is 10.6.